The molecule has 1 aromatic heterocycles. The lowest BCUT2D eigenvalue weighted by atomic mass is 9.96. The maximum Gasteiger partial charge on any atom is 0.412 e. The summed E-state index contributed by atoms with van der Waals surface area (Å²) in [5.74, 6) is -0.422. The first-order chi connectivity index (χ1) is 28.9. The quantitative estimate of drug-likeness (QED) is 0.164. The molecule has 59 heavy (non-hydrogen) atoms. The minimum Gasteiger partial charge on any atom is -0.449 e. The summed E-state index contributed by atoms with van der Waals surface area (Å²) in [5.41, 5.74) is 8.65. The Morgan fingerprint density at radius 2 is 1.53 bits per heavy atom. The minimum absolute atomic E-state index is 0.0342. The van der Waals surface area contributed by atoms with Crippen LogP contribution in [0.2, 0.25) is 0 Å². The van der Waals surface area contributed by atoms with Gasteiger partial charge in [-0.3, -0.25) is 4.79 Å². The third-order valence-corrected chi connectivity index (χ3v) is 11.2. The number of ether oxygens (including phenoxy) is 4. The van der Waals surface area contributed by atoms with E-state index in [1.807, 2.05) is 67.1 Å². The van der Waals surface area contributed by atoms with Crippen LogP contribution in [0.3, 0.4) is 0 Å². The van der Waals surface area contributed by atoms with E-state index in [2.05, 4.69) is 20.2 Å². The van der Waals surface area contributed by atoms with Gasteiger partial charge in [-0.25, -0.2) is 19.4 Å². The summed E-state index contributed by atoms with van der Waals surface area (Å²) in [6.07, 6.45) is 8.66. The fourth-order valence-corrected chi connectivity index (χ4v) is 7.64. The lowest BCUT2D eigenvalue weighted by Gasteiger charge is -2.39. The van der Waals surface area contributed by atoms with Gasteiger partial charge in [0.15, 0.2) is 0 Å². The number of rotatable bonds is 17. The van der Waals surface area contributed by atoms with Crippen LogP contribution in [0.5, 0.6) is 0 Å². The molecule has 16 heteroatoms. The first kappa shape index (κ1) is 43.4. The average Bonchev–Trinajstić information content (AvgIpc) is 3.81. The Morgan fingerprint density at radius 3 is 2.29 bits per heavy atom. The summed E-state index contributed by atoms with van der Waals surface area (Å²) in [5, 5.41) is 6.03. The second kappa shape index (κ2) is 22.8. The van der Waals surface area contributed by atoms with E-state index in [9.17, 15) is 19.2 Å². The molecule has 2 aromatic carbocycles. The normalized spacial score (nSPS) is 19.9. The van der Waals surface area contributed by atoms with Crippen LogP contribution in [-0.4, -0.2) is 120 Å². The Morgan fingerprint density at radius 1 is 0.797 bits per heavy atom. The molecule has 0 saturated carbocycles. The summed E-state index contributed by atoms with van der Waals surface area (Å²) in [6.45, 7) is 5.22. The van der Waals surface area contributed by atoms with Crippen molar-refractivity contribution < 1.29 is 38.1 Å². The molecule has 6 rings (SSSR count). The number of unbranched alkanes of at least 4 members (excludes halogenated alkanes) is 3. The number of urea groups is 1. The van der Waals surface area contributed by atoms with Gasteiger partial charge in [0.05, 0.1) is 26.1 Å². The summed E-state index contributed by atoms with van der Waals surface area (Å²) < 4.78 is 26.2. The van der Waals surface area contributed by atoms with Crippen LogP contribution < -0.4 is 16.4 Å². The molecule has 3 atom stereocenters. The molecule has 320 valence electrons. The predicted octanol–water partition coefficient (Wildman–Crippen LogP) is 4.48. The van der Waals surface area contributed by atoms with Crippen molar-refractivity contribution in [3.05, 3.63) is 90.0 Å². The molecule has 3 fully saturated rings. The van der Waals surface area contributed by atoms with Gasteiger partial charge in [-0.2, -0.15) is 0 Å². The topological polar surface area (TPSA) is 183 Å². The molecule has 5 amide bonds. The molecule has 4 N–H and O–H groups in total. The van der Waals surface area contributed by atoms with Gasteiger partial charge in [-0.05, 0) is 48.8 Å². The van der Waals surface area contributed by atoms with Crippen molar-refractivity contribution in [1.82, 2.24) is 34.9 Å². The largest absolute Gasteiger partial charge is 0.449 e. The molecule has 16 nitrogen and oxygen atoms in total. The first-order valence-corrected chi connectivity index (χ1v) is 21.0. The van der Waals surface area contributed by atoms with Gasteiger partial charge < -0.3 is 54.6 Å². The Balaban J connectivity index is 0.926. The van der Waals surface area contributed by atoms with Crippen LogP contribution in [0.1, 0.15) is 61.6 Å². The number of nitrogens with one attached hydrogen (secondary N) is 2. The van der Waals surface area contributed by atoms with Gasteiger partial charge in [0.25, 0.3) is 0 Å². The van der Waals surface area contributed by atoms with Crippen LogP contribution in [0, 0.1) is 11.8 Å². The number of aromatic nitrogens is 2. The van der Waals surface area contributed by atoms with E-state index < -0.39 is 24.6 Å². The minimum atomic E-state index is -1.01. The number of amides is 5. The van der Waals surface area contributed by atoms with Crippen LogP contribution in [0.25, 0.3) is 0 Å². The van der Waals surface area contributed by atoms with Crippen molar-refractivity contribution in [3.8, 4) is 0 Å². The Labute approximate surface area is 346 Å². The van der Waals surface area contributed by atoms with Crippen LogP contribution in [0.4, 0.5) is 14.4 Å². The summed E-state index contributed by atoms with van der Waals surface area (Å²) in [4.78, 5) is 61.4. The zero-order valence-corrected chi connectivity index (χ0v) is 34.0. The van der Waals surface area contributed by atoms with E-state index in [1.165, 1.54) is 0 Å². The molecule has 0 spiro atoms. The number of piperazine rings is 1. The number of nitrogens with two attached hydrogens (primary N) is 1. The maximum atomic E-state index is 13.5. The van der Waals surface area contributed by atoms with Crippen LogP contribution in [-0.2, 0) is 50.0 Å². The standard InChI is InChI=1S/C43H60N8O8/c44-28-34-11-8-12-35(27-34)29-47-41(53)49-22-24-51(25-23-49)42(54)58-31-37-15-26-56-40(38(37)57-30-33-9-4-3-5-10-33)59-43(55)50-19-13-36(14-20-50)39(52)46-16-6-1-2-7-18-48-21-17-45-32-48/h3-5,8-12,17,21,27,32,36-38,40H,1-2,6-7,13-16,18-20,22-26,28-31,44H2,(H,46,52)(H,47,53)/t37-,38?,40+/m1/s1. The Kier molecular flexibility index (Phi) is 16.8. The van der Waals surface area contributed by atoms with Crippen molar-refractivity contribution in [3.63, 3.8) is 0 Å². The Bertz CT molecular complexity index is 1750. The number of benzene rings is 2. The van der Waals surface area contributed by atoms with Gasteiger partial charge in [-0.1, -0.05) is 67.4 Å². The number of nitrogens with zero attached hydrogens (tertiary/aromatic N) is 5. The van der Waals surface area contributed by atoms with Gasteiger partial charge >= 0.3 is 18.2 Å². The number of likely N-dealkylation sites (tertiary alicyclic amines) is 1. The van der Waals surface area contributed by atoms with Crippen LogP contribution >= 0.6 is 0 Å². The van der Waals surface area contributed by atoms with E-state index in [1.54, 1.807) is 20.9 Å². The van der Waals surface area contributed by atoms with Crippen LogP contribution in [0.15, 0.2) is 73.3 Å². The monoisotopic (exact) mass is 816 g/mol. The fraction of sp³-hybridized carbons (Fsp3) is 0.558. The molecule has 0 bridgehead atoms. The molecule has 4 heterocycles. The zero-order chi connectivity index (χ0) is 41.2. The number of aryl methyl sites for hydroxylation is 1. The Hall–Kier alpha value is -5.19. The highest BCUT2D eigenvalue weighted by molar-refractivity contribution is 5.79. The molecule has 3 saturated heterocycles. The molecular formula is C43H60N8O8. The smallest absolute Gasteiger partial charge is 0.412 e. The highest BCUT2D eigenvalue weighted by atomic mass is 16.7. The van der Waals surface area contributed by atoms with Gasteiger partial charge in [0, 0.05) is 89.7 Å². The number of hydrogen-bond acceptors (Lipinski definition) is 10. The van der Waals surface area contributed by atoms with E-state index in [0.717, 1.165) is 48.9 Å². The van der Waals surface area contributed by atoms with Crippen molar-refractivity contribution >= 4 is 24.1 Å². The highest BCUT2D eigenvalue weighted by Gasteiger charge is 2.40. The van der Waals surface area contributed by atoms with E-state index >= 15 is 0 Å². The fourth-order valence-electron chi connectivity index (χ4n) is 7.64. The number of carbonyl (C=O) groups is 4. The van der Waals surface area contributed by atoms with E-state index in [0.29, 0.717) is 84.8 Å². The molecule has 3 aliphatic heterocycles. The average molecular weight is 817 g/mol. The lowest BCUT2D eigenvalue weighted by Crippen LogP contribution is -2.53. The van der Waals surface area contributed by atoms with Crippen molar-refractivity contribution in [2.24, 2.45) is 17.6 Å². The molecule has 3 aromatic rings. The first-order valence-electron chi connectivity index (χ1n) is 21.0. The molecule has 1 unspecified atom stereocenters. The highest BCUT2D eigenvalue weighted by Crippen LogP contribution is 2.28. The number of carbonyl (C=O) groups excluding carboxylic acids is 4. The number of imidazole rings is 1. The number of hydrogen-bond donors (Lipinski definition) is 3. The van der Waals surface area contributed by atoms with Crippen molar-refractivity contribution in [1.29, 1.82) is 0 Å². The van der Waals surface area contributed by atoms with Gasteiger partial charge in [-0.15, -0.1) is 0 Å². The second-order valence-corrected chi connectivity index (χ2v) is 15.4. The van der Waals surface area contributed by atoms with Crippen molar-refractivity contribution in [2.45, 2.75) is 83.6 Å². The SMILES string of the molecule is NCc1cccc(CNC(=O)N2CCN(C(=O)OC[C@H]3CCO[C@@H](OC(=O)N4CCC(C(=O)NCCCCCCn5ccnc5)CC4)C3OCc3ccccc3)CC2)c1. The third-order valence-electron chi connectivity index (χ3n) is 11.2. The summed E-state index contributed by atoms with van der Waals surface area (Å²) >= 11 is 0. The van der Waals surface area contributed by atoms with Gasteiger partial charge in [0.1, 0.15) is 6.10 Å². The molecular weight excluding hydrogens is 757 g/mol. The third kappa shape index (κ3) is 13.4. The molecule has 0 aliphatic carbocycles. The number of piperidine rings is 1. The molecule has 0 radical (unpaired) electrons. The second-order valence-electron chi connectivity index (χ2n) is 15.4. The molecule has 3 aliphatic rings. The predicted molar refractivity (Wildman–Crippen MR) is 218 cm³/mol. The van der Waals surface area contributed by atoms with E-state index in [-0.39, 0.29) is 37.0 Å². The summed E-state index contributed by atoms with van der Waals surface area (Å²) in [6, 6.07) is 17.3. The maximum absolute atomic E-state index is 13.5. The van der Waals surface area contributed by atoms with E-state index in [4.69, 9.17) is 24.7 Å². The van der Waals surface area contributed by atoms with Crippen molar-refractivity contribution in [2.75, 3.05) is 59.0 Å². The zero-order valence-electron chi connectivity index (χ0n) is 34.0. The summed E-state index contributed by atoms with van der Waals surface area (Å²) in [7, 11) is 0. The lowest BCUT2D eigenvalue weighted by molar-refractivity contribution is -0.231. The van der Waals surface area contributed by atoms with Gasteiger partial charge in [0.2, 0.25) is 12.2 Å².